The van der Waals surface area contributed by atoms with Gasteiger partial charge in [-0.1, -0.05) is 62.4 Å². The second kappa shape index (κ2) is 9.72. The Balaban J connectivity index is 1.25. The maximum atomic E-state index is 13.1. The van der Waals surface area contributed by atoms with Gasteiger partial charge in [0.15, 0.2) is 0 Å². The van der Waals surface area contributed by atoms with Crippen molar-refractivity contribution in [2.45, 2.75) is 51.0 Å². The van der Waals surface area contributed by atoms with Crippen molar-refractivity contribution in [3.8, 4) is 0 Å². The van der Waals surface area contributed by atoms with E-state index in [1.54, 1.807) is 0 Å². The van der Waals surface area contributed by atoms with Gasteiger partial charge in [-0.2, -0.15) is 0 Å². The van der Waals surface area contributed by atoms with Gasteiger partial charge in [-0.3, -0.25) is 15.0 Å². The maximum absolute atomic E-state index is 13.1. The molecule has 1 saturated carbocycles. The molecule has 0 spiro atoms. The Labute approximate surface area is 174 Å². The van der Waals surface area contributed by atoms with Gasteiger partial charge in [0.1, 0.15) is 0 Å². The number of hydrazine groups is 1. The van der Waals surface area contributed by atoms with E-state index in [1.165, 1.54) is 32.1 Å². The van der Waals surface area contributed by atoms with Gasteiger partial charge in [-0.05, 0) is 17.9 Å². The van der Waals surface area contributed by atoms with Gasteiger partial charge in [-0.15, -0.1) is 0 Å². The van der Waals surface area contributed by atoms with Crippen LogP contribution in [-0.2, 0) is 9.59 Å². The quantitative estimate of drug-likeness (QED) is 0.800. The topological polar surface area (TPSA) is 64.7 Å². The van der Waals surface area contributed by atoms with Gasteiger partial charge in [0.25, 0.3) is 0 Å². The van der Waals surface area contributed by atoms with Crippen LogP contribution in [0.15, 0.2) is 30.3 Å². The average Bonchev–Trinajstić information content (AvgIpc) is 3.28. The first-order valence-electron chi connectivity index (χ1n) is 11.3. The van der Waals surface area contributed by atoms with E-state index in [9.17, 15) is 9.59 Å². The molecular formula is C23H34N4O2. The highest BCUT2D eigenvalue weighted by Crippen LogP contribution is 2.28. The molecule has 3 aliphatic rings. The second-order valence-corrected chi connectivity index (χ2v) is 8.77. The number of piperazine rings is 1. The molecule has 2 atom stereocenters. The van der Waals surface area contributed by atoms with Crippen LogP contribution in [0.2, 0.25) is 0 Å². The Morgan fingerprint density at radius 2 is 1.62 bits per heavy atom. The van der Waals surface area contributed by atoms with Crippen molar-refractivity contribution in [3.05, 3.63) is 35.9 Å². The van der Waals surface area contributed by atoms with Crippen LogP contribution in [0.5, 0.6) is 0 Å². The fraction of sp³-hybridized carbons (Fsp3) is 0.652. The summed E-state index contributed by atoms with van der Waals surface area (Å²) < 4.78 is 0. The van der Waals surface area contributed by atoms with E-state index in [0.717, 1.165) is 17.9 Å². The molecule has 1 aromatic carbocycles. The normalized spacial score (nSPS) is 25.9. The van der Waals surface area contributed by atoms with Crippen LogP contribution < -0.4 is 10.9 Å². The monoisotopic (exact) mass is 398 g/mol. The zero-order valence-corrected chi connectivity index (χ0v) is 17.3. The first-order chi connectivity index (χ1) is 14.2. The van der Waals surface area contributed by atoms with Gasteiger partial charge >= 0.3 is 0 Å². The third-order valence-electron chi connectivity index (χ3n) is 6.89. The lowest BCUT2D eigenvalue weighted by Crippen LogP contribution is -2.52. The number of rotatable bonds is 5. The molecule has 2 N–H and O–H groups in total. The van der Waals surface area contributed by atoms with Crippen LogP contribution in [0.4, 0.5) is 0 Å². The molecule has 6 heteroatoms. The number of carbonyl (C=O) groups excluding carboxylic acids is 2. The molecule has 4 rings (SSSR count). The molecular weight excluding hydrogens is 364 g/mol. The molecule has 0 aromatic heterocycles. The number of nitrogens with one attached hydrogen (secondary N) is 2. The van der Waals surface area contributed by atoms with Crippen molar-refractivity contribution in [3.63, 3.8) is 0 Å². The van der Waals surface area contributed by atoms with E-state index in [2.05, 4.69) is 23.0 Å². The lowest BCUT2D eigenvalue weighted by molar-refractivity contribution is -0.142. The third kappa shape index (κ3) is 4.98. The summed E-state index contributed by atoms with van der Waals surface area (Å²) in [5, 5.41) is 0. The van der Waals surface area contributed by atoms with Crippen LogP contribution >= 0.6 is 0 Å². The van der Waals surface area contributed by atoms with Crippen LogP contribution in [0.3, 0.4) is 0 Å². The lowest BCUT2D eigenvalue weighted by Gasteiger charge is -2.37. The first kappa shape index (κ1) is 20.4. The Hall–Kier alpha value is -1.92. The summed E-state index contributed by atoms with van der Waals surface area (Å²) >= 11 is 0. The second-order valence-electron chi connectivity index (χ2n) is 8.77. The minimum Gasteiger partial charge on any atom is -0.339 e. The molecule has 2 saturated heterocycles. The Morgan fingerprint density at radius 1 is 0.931 bits per heavy atom. The van der Waals surface area contributed by atoms with Crippen molar-refractivity contribution in [2.75, 3.05) is 32.7 Å². The average molecular weight is 399 g/mol. The number of benzene rings is 1. The summed E-state index contributed by atoms with van der Waals surface area (Å²) in [4.78, 5) is 29.7. The molecule has 158 valence electrons. The third-order valence-corrected chi connectivity index (χ3v) is 6.89. The highest BCUT2D eigenvalue weighted by atomic mass is 16.2. The lowest BCUT2D eigenvalue weighted by atomic mass is 9.86. The molecule has 29 heavy (non-hydrogen) atoms. The largest absolute Gasteiger partial charge is 0.339 e. The van der Waals surface area contributed by atoms with E-state index in [4.69, 9.17) is 0 Å². The Kier molecular flexibility index (Phi) is 6.82. The van der Waals surface area contributed by atoms with E-state index in [1.807, 2.05) is 28.0 Å². The van der Waals surface area contributed by atoms with Crippen molar-refractivity contribution in [1.82, 2.24) is 20.7 Å². The van der Waals surface area contributed by atoms with Gasteiger partial charge in [0.05, 0.1) is 12.0 Å². The summed E-state index contributed by atoms with van der Waals surface area (Å²) in [5.41, 5.74) is 7.54. The zero-order valence-electron chi connectivity index (χ0n) is 17.3. The summed E-state index contributed by atoms with van der Waals surface area (Å²) in [6.07, 6.45) is 8.31. The molecule has 1 aromatic rings. The maximum Gasteiger partial charge on any atom is 0.229 e. The van der Waals surface area contributed by atoms with Gasteiger partial charge in [-0.25, -0.2) is 5.43 Å². The van der Waals surface area contributed by atoms with Crippen LogP contribution in [0.25, 0.3) is 0 Å². The van der Waals surface area contributed by atoms with E-state index < -0.39 is 0 Å². The van der Waals surface area contributed by atoms with Gasteiger partial charge < -0.3 is 9.80 Å². The van der Waals surface area contributed by atoms with Crippen LogP contribution in [0.1, 0.15) is 56.6 Å². The minimum atomic E-state index is -0.106. The number of hydrogen-bond acceptors (Lipinski definition) is 4. The predicted octanol–water partition coefficient (Wildman–Crippen LogP) is 2.48. The molecule has 2 amide bonds. The van der Waals surface area contributed by atoms with Crippen molar-refractivity contribution >= 4 is 11.8 Å². The number of carbonyl (C=O) groups is 2. The Morgan fingerprint density at radius 3 is 2.34 bits per heavy atom. The smallest absolute Gasteiger partial charge is 0.229 e. The van der Waals surface area contributed by atoms with Crippen LogP contribution in [-0.4, -0.2) is 54.3 Å². The molecule has 1 aliphatic carbocycles. The van der Waals surface area contributed by atoms with Crippen molar-refractivity contribution in [2.24, 2.45) is 11.8 Å². The molecule has 2 heterocycles. The fourth-order valence-corrected chi connectivity index (χ4v) is 5.08. The number of nitrogens with zero attached hydrogens (tertiary/aromatic N) is 2. The van der Waals surface area contributed by atoms with Crippen molar-refractivity contribution in [1.29, 1.82) is 0 Å². The first-order valence-corrected chi connectivity index (χ1v) is 11.3. The highest BCUT2D eigenvalue weighted by molar-refractivity contribution is 5.81. The molecule has 2 aliphatic heterocycles. The molecule has 0 radical (unpaired) electrons. The minimum absolute atomic E-state index is 0.00106. The van der Waals surface area contributed by atoms with Crippen molar-refractivity contribution < 1.29 is 9.59 Å². The standard InChI is InChI=1S/C23H34N4O2/c28-21(12-11-18-7-3-1-4-8-18)26-13-15-27(16-14-26)23(29)20-17-24-25-22(20)19-9-5-2-6-10-19/h2,5-6,9-10,18,20,22,24-25H,1,3-4,7-8,11-17H2. The van der Waals surface area contributed by atoms with Gasteiger partial charge in [0, 0.05) is 39.1 Å². The number of hydrogen-bond donors (Lipinski definition) is 2. The predicted molar refractivity (Wildman–Crippen MR) is 113 cm³/mol. The zero-order chi connectivity index (χ0) is 20.1. The molecule has 0 bridgehead atoms. The summed E-state index contributed by atoms with van der Waals surface area (Å²) in [7, 11) is 0. The van der Waals surface area contributed by atoms with Gasteiger partial charge in [0.2, 0.25) is 11.8 Å². The van der Waals surface area contributed by atoms with Crippen LogP contribution in [0, 0.1) is 11.8 Å². The van der Waals surface area contributed by atoms with E-state index >= 15 is 0 Å². The summed E-state index contributed by atoms with van der Waals surface area (Å²) in [5.74, 6) is 1.10. The molecule has 3 fully saturated rings. The highest BCUT2D eigenvalue weighted by Gasteiger charge is 2.37. The summed E-state index contributed by atoms with van der Waals surface area (Å²) in [6.45, 7) is 3.26. The van der Waals surface area contributed by atoms with E-state index in [-0.39, 0.29) is 23.8 Å². The van der Waals surface area contributed by atoms with E-state index in [0.29, 0.717) is 39.1 Å². The molecule has 6 nitrogen and oxygen atoms in total. The fourth-order valence-electron chi connectivity index (χ4n) is 5.08. The SMILES string of the molecule is O=C(CCC1CCCCC1)N1CCN(C(=O)C2CNNC2c2ccccc2)CC1. The number of amides is 2. The Bertz CT molecular complexity index is 681. The molecule has 2 unspecified atom stereocenters. The summed E-state index contributed by atoms with van der Waals surface area (Å²) in [6, 6.07) is 10.1.